The summed E-state index contributed by atoms with van der Waals surface area (Å²) in [5.41, 5.74) is 0.0709. The number of aryl methyl sites for hydroxylation is 1. The van der Waals surface area contributed by atoms with Gasteiger partial charge in [0.25, 0.3) is 5.91 Å². The molecule has 33 heavy (non-hydrogen) atoms. The predicted octanol–water partition coefficient (Wildman–Crippen LogP) is 4.17. The van der Waals surface area contributed by atoms with Gasteiger partial charge in [0.2, 0.25) is 6.10 Å². The molecule has 1 unspecified atom stereocenters. The van der Waals surface area contributed by atoms with Gasteiger partial charge in [0.05, 0.1) is 10.1 Å². The van der Waals surface area contributed by atoms with Crippen LogP contribution in [0.5, 0.6) is 5.75 Å². The first-order valence-electron chi connectivity index (χ1n) is 10.5. The number of benzene rings is 2. The standard InChI is InChI=1S/C23H23F2N3O4S/c1-28-13-12-21(27-28)26-23(29)22(32-19-11-10-15(24)14-18(19)25)17-8-4-5-9-20(17)33(30,31)16-6-2-3-7-16/h4-5,8-14,16,22H,2-3,6-7H2,1H3,(H,26,27,29). The van der Waals surface area contributed by atoms with Crippen molar-refractivity contribution < 1.29 is 26.7 Å². The maximum atomic E-state index is 14.4. The van der Waals surface area contributed by atoms with Gasteiger partial charge in [-0.1, -0.05) is 31.0 Å². The molecule has 1 saturated carbocycles. The zero-order chi connectivity index (χ0) is 23.6. The SMILES string of the molecule is Cn1ccc(NC(=O)C(Oc2ccc(F)cc2F)c2ccccc2S(=O)(=O)C2CCCC2)n1. The summed E-state index contributed by atoms with van der Waals surface area (Å²) >= 11 is 0. The molecular formula is C23H23F2N3O4S. The van der Waals surface area contributed by atoms with Gasteiger partial charge >= 0.3 is 0 Å². The van der Waals surface area contributed by atoms with Gasteiger partial charge in [0, 0.05) is 30.9 Å². The highest BCUT2D eigenvalue weighted by molar-refractivity contribution is 7.92. The number of nitrogens with zero attached hydrogens (tertiary/aromatic N) is 2. The summed E-state index contributed by atoms with van der Waals surface area (Å²) in [6, 6.07) is 10.3. The van der Waals surface area contributed by atoms with Gasteiger partial charge in [-0.25, -0.2) is 17.2 Å². The monoisotopic (exact) mass is 475 g/mol. The Labute approximate surface area is 190 Å². The molecule has 1 aromatic heterocycles. The molecule has 7 nitrogen and oxygen atoms in total. The van der Waals surface area contributed by atoms with E-state index in [0.29, 0.717) is 18.9 Å². The third kappa shape index (κ3) is 4.90. The number of ether oxygens (including phenoxy) is 1. The minimum Gasteiger partial charge on any atom is -0.473 e. The normalized spacial score (nSPS) is 15.4. The second kappa shape index (κ2) is 9.30. The van der Waals surface area contributed by atoms with Crippen LogP contribution in [0.25, 0.3) is 0 Å². The maximum Gasteiger partial charge on any atom is 0.271 e. The van der Waals surface area contributed by atoms with E-state index in [4.69, 9.17) is 4.74 Å². The molecule has 4 rings (SSSR count). The molecule has 0 aliphatic heterocycles. The molecular weight excluding hydrogens is 452 g/mol. The van der Waals surface area contributed by atoms with Gasteiger partial charge < -0.3 is 10.1 Å². The zero-order valence-corrected chi connectivity index (χ0v) is 18.7. The highest BCUT2D eigenvalue weighted by Gasteiger charge is 2.36. The molecule has 1 aliphatic rings. The lowest BCUT2D eigenvalue weighted by atomic mass is 10.1. The lowest BCUT2D eigenvalue weighted by molar-refractivity contribution is -0.123. The Kier molecular flexibility index (Phi) is 6.46. The van der Waals surface area contributed by atoms with Crippen molar-refractivity contribution in [1.82, 2.24) is 9.78 Å². The van der Waals surface area contributed by atoms with E-state index in [2.05, 4.69) is 10.4 Å². The number of hydrogen-bond acceptors (Lipinski definition) is 5. The fourth-order valence-electron chi connectivity index (χ4n) is 3.96. The van der Waals surface area contributed by atoms with Gasteiger partial charge in [-0.3, -0.25) is 9.48 Å². The Hall–Kier alpha value is -3.27. The van der Waals surface area contributed by atoms with Crippen molar-refractivity contribution in [2.24, 2.45) is 7.05 Å². The van der Waals surface area contributed by atoms with Crippen LogP contribution in [0.15, 0.2) is 59.6 Å². The molecule has 1 aliphatic carbocycles. The Morgan fingerprint density at radius 2 is 1.88 bits per heavy atom. The number of halogens is 2. The van der Waals surface area contributed by atoms with Crippen LogP contribution in [0, 0.1) is 11.6 Å². The summed E-state index contributed by atoms with van der Waals surface area (Å²) in [7, 11) is -2.09. The summed E-state index contributed by atoms with van der Waals surface area (Å²) in [6.07, 6.45) is 2.78. The van der Waals surface area contributed by atoms with E-state index in [9.17, 15) is 22.0 Å². The number of nitrogens with one attached hydrogen (secondary N) is 1. The number of carbonyl (C=O) groups is 1. The van der Waals surface area contributed by atoms with Crippen LogP contribution in [-0.2, 0) is 21.7 Å². The highest BCUT2D eigenvalue weighted by Crippen LogP contribution is 2.35. The van der Waals surface area contributed by atoms with Crippen LogP contribution in [0.2, 0.25) is 0 Å². The third-order valence-corrected chi connectivity index (χ3v) is 7.92. The summed E-state index contributed by atoms with van der Waals surface area (Å²) < 4.78 is 61.7. The summed E-state index contributed by atoms with van der Waals surface area (Å²) in [4.78, 5) is 13.2. The van der Waals surface area contributed by atoms with Crippen molar-refractivity contribution in [2.75, 3.05) is 5.32 Å². The topological polar surface area (TPSA) is 90.3 Å². The lowest BCUT2D eigenvalue weighted by Gasteiger charge is -2.22. The van der Waals surface area contributed by atoms with Crippen molar-refractivity contribution in [1.29, 1.82) is 0 Å². The van der Waals surface area contributed by atoms with E-state index < -0.39 is 38.7 Å². The molecule has 1 atom stereocenters. The molecule has 0 spiro atoms. The first kappa shape index (κ1) is 22.9. The minimum atomic E-state index is -3.76. The summed E-state index contributed by atoms with van der Waals surface area (Å²) in [5, 5.41) is 6.10. The van der Waals surface area contributed by atoms with Crippen LogP contribution >= 0.6 is 0 Å². The Balaban J connectivity index is 1.76. The van der Waals surface area contributed by atoms with E-state index in [1.807, 2.05) is 0 Å². The second-order valence-corrected chi connectivity index (χ2v) is 10.1. The minimum absolute atomic E-state index is 0.0411. The molecule has 1 fully saturated rings. The molecule has 10 heteroatoms. The van der Waals surface area contributed by atoms with E-state index in [1.54, 1.807) is 31.4 Å². The zero-order valence-electron chi connectivity index (χ0n) is 17.9. The van der Waals surface area contributed by atoms with Crippen molar-refractivity contribution in [3.63, 3.8) is 0 Å². The molecule has 0 saturated heterocycles. The molecule has 3 aromatic rings. The number of sulfone groups is 1. The van der Waals surface area contributed by atoms with E-state index >= 15 is 0 Å². The van der Waals surface area contributed by atoms with E-state index in [1.165, 1.54) is 16.8 Å². The average Bonchev–Trinajstić information content (AvgIpc) is 3.46. The third-order valence-electron chi connectivity index (χ3n) is 5.59. The van der Waals surface area contributed by atoms with E-state index in [-0.39, 0.29) is 22.0 Å². The van der Waals surface area contributed by atoms with Crippen molar-refractivity contribution in [2.45, 2.75) is 41.9 Å². The van der Waals surface area contributed by atoms with E-state index in [0.717, 1.165) is 25.0 Å². The van der Waals surface area contributed by atoms with Gasteiger partial charge in [0.1, 0.15) is 5.82 Å². The molecule has 1 N–H and O–H groups in total. The fourth-order valence-corrected chi connectivity index (χ4v) is 6.05. The molecule has 174 valence electrons. The fraction of sp³-hybridized carbons (Fsp3) is 0.304. The van der Waals surface area contributed by atoms with Crippen LogP contribution in [0.1, 0.15) is 37.4 Å². The van der Waals surface area contributed by atoms with Gasteiger partial charge in [-0.15, -0.1) is 0 Å². The Bertz CT molecular complexity index is 1270. The second-order valence-electron chi connectivity index (χ2n) is 7.93. The number of hydrogen-bond donors (Lipinski definition) is 1. The first-order valence-corrected chi connectivity index (χ1v) is 12.1. The number of aromatic nitrogens is 2. The van der Waals surface area contributed by atoms with Crippen LogP contribution < -0.4 is 10.1 Å². The number of anilines is 1. The highest BCUT2D eigenvalue weighted by atomic mass is 32.2. The molecule has 0 bridgehead atoms. The number of rotatable bonds is 7. The quantitative estimate of drug-likeness (QED) is 0.554. The smallest absolute Gasteiger partial charge is 0.271 e. The largest absolute Gasteiger partial charge is 0.473 e. The van der Waals surface area contributed by atoms with Crippen LogP contribution in [0.4, 0.5) is 14.6 Å². The first-order chi connectivity index (χ1) is 15.8. The lowest BCUT2D eigenvalue weighted by Crippen LogP contribution is -2.29. The van der Waals surface area contributed by atoms with Crippen molar-refractivity contribution >= 4 is 21.6 Å². The van der Waals surface area contributed by atoms with Crippen molar-refractivity contribution in [3.8, 4) is 5.75 Å². The van der Waals surface area contributed by atoms with Crippen LogP contribution in [0.3, 0.4) is 0 Å². The average molecular weight is 476 g/mol. The van der Waals surface area contributed by atoms with Crippen molar-refractivity contribution in [3.05, 3.63) is 71.9 Å². The number of amides is 1. The van der Waals surface area contributed by atoms with Gasteiger partial charge in [-0.2, -0.15) is 5.10 Å². The molecule has 0 radical (unpaired) electrons. The summed E-state index contributed by atoms with van der Waals surface area (Å²) in [5.74, 6) is -2.73. The maximum absolute atomic E-state index is 14.4. The Morgan fingerprint density at radius 3 is 2.55 bits per heavy atom. The summed E-state index contributed by atoms with van der Waals surface area (Å²) in [6.45, 7) is 0. The Morgan fingerprint density at radius 1 is 1.15 bits per heavy atom. The van der Waals surface area contributed by atoms with Gasteiger partial charge in [-0.05, 0) is 31.0 Å². The predicted molar refractivity (Wildman–Crippen MR) is 117 cm³/mol. The van der Waals surface area contributed by atoms with Crippen LogP contribution in [-0.4, -0.2) is 29.4 Å². The van der Waals surface area contributed by atoms with Gasteiger partial charge in [0.15, 0.2) is 27.2 Å². The number of carbonyl (C=O) groups excluding carboxylic acids is 1. The molecule has 1 amide bonds. The molecule has 1 heterocycles. The molecule has 2 aromatic carbocycles.